The van der Waals surface area contributed by atoms with Crippen LogP contribution in [-0.2, 0) is 4.74 Å². The molecule has 0 heterocycles. The average molecular weight is 218 g/mol. The number of carbonyl (C=O) groups excluding carboxylic acids is 1. The second-order valence-corrected chi connectivity index (χ2v) is 2.95. The molecule has 0 saturated carbocycles. The van der Waals surface area contributed by atoms with Gasteiger partial charge in [-0.05, 0) is 24.3 Å². The van der Waals surface area contributed by atoms with E-state index in [2.05, 4.69) is 13.2 Å². The van der Waals surface area contributed by atoms with Crippen LogP contribution in [0.3, 0.4) is 0 Å². The van der Waals surface area contributed by atoms with Crippen molar-refractivity contribution in [1.82, 2.24) is 0 Å². The number of rotatable bonds is 4. The standard InChI is InChI=1S/C12H10O4/c1-3-8(2)16-12(15)10-6-4-5-9(7-10)11(13)14/h3-7H,1-2H2,(H,13,14). The van der Waals surface area contributed by atoms with Crippen molar-refractivity contribution in [2.75, 3.05) is 0 Å². The van der Waals surface area contributed by atoms with Crippen LogP contribution < -0.4 is 0 Å². The molecule has 0 amide bonds. The molecule has 4 nitrogen and oxygen atoms in total. The molecule has 1 aromatic carbocycles. The van der Waals surface area contributed by atoms with Crippen molar-refractivity contribution in [1.29, 1.82) is 0 Å². The Balaban J connectivity index is 2.91. The van der Waals surface area contributed by atoms with Gasteiger partial charge >= 0.3 is 11.9 Å². The van der Waals surface area contributed by atoms with Crippen LogP contribution in [-0.4, -0.2) is 17.0 Å². The highest BCUT2D eigenvalue weighted by molar-refractivity contribution is 5.94. The zero-order valence-corrected chi connectivity index (χ0v) is 8.47. The minimum Gasteiger partial charge on any atom is -0.478 e. The third kappa shape index (κ3) is 2.81. The fraction of sp³-hybridized carbons (Fsp3) is 0. The molecule has 0 aliphatic carbocycles. The number of carboxylic acids is 1. The highest BCUT2D eigenvalue weighted by Gasteiger charge is 2.10. The first-order valence-corrected chi connectivity index (χ1v) is 4.41. The van der Waals surface area contributed by atoms with Gasteiger partial charge in [-0.25, -0.2) is 9.59 Å². The highest BCUT2D eigenvalue weighted by atomic mass is 16.5. The maximum atomic E-state index is 11.5. The van der Waals surface area contributed by atoms with Gasteiger partial charge in [0.1, 0.15) is 5.76 Å². The van der Waals surface area contributed by atoms with E-state index in [1.54, 1.807) is 0 Å². The normalized spacial score (nSPS) is 9.25. The molecule has 4 heteroatoms. The van der Waals surface area contributed by atoms with E-state index in [0.717, 1.165) is 0 Å². The zero-order chi connectivity index (χ0) is 12.1. The smallest absolute Gasteiger partial charge is 0.343 e. The zero-order valence-electron chi connectivity index (χ0n) is 8.47. The van der Waals surface area contributed by atoms with Crippen molar-refractivity contribution in [3.05, 3.63) is 60.4 Å². The number of allylic oxidation sites excluding steroid dienone is 1. The van der Waals surface area contributed by atoms with E-state index in [1.807, 2.05) is 0 Å². The molecule has 16 heavy (non-hydrogen) atoms. The molecular formula is C12H10O4. The van der Waals surface area contributed by atoms with E-state index in [1.165, 1.54) is 30.3 Å². The van der Waals surface area contributed by atoms with Gasteiger partial charge in [0.2, 0.25) is 0 Å². The molecule has 0 spiro atoms. The van der Waals surface area contributed by atoms with Gasteiger partial charge in [0.15, 0.2) is 0 Å². The van der Waals surface area contributed by atoms with E-state index >= 15 is 0 Å². The summed E-state index contributed by atoms with van der Waals surface area (Å²) in [5.41, 5.74) is 0.182. The summed E-state index contributed by atoms with van der Waals surface area (Å²) in [5.74, 6) is -1.64. The van der Waals surface area contributed by atoms with Gasteiger partial charge in [-0.1, -0.05) is 19.2 Å². The number of esters is 1. The monoisotopic (exact) mass is 218 g/mol. The lowest BCUT2D eigenvalue weighted by atomic mass is 10.1. The van der Waals surface area contributed by atoms with Gasteiger partial charge in [-0.3, -0.25) is 0 Å². The Morgan fingerprint density at radius 3 is 2.50 bits per heavy atom. The van der Waals surface area contributed by atoms with Crippen LogP contribution >= 0.6 is 0 Å². The van der Waals surface area contributed by atoms with Crippen LogP contribution in [0.25, 0.3) is 0 Å². The van der Waals surface area contributed by atoms with Gasteiger partial charge in [0.05, 0.1) is 11.1 Å². The number of benzene rings is 1. The Morgan fingerprint density at radius 1 is 1.31 bits per heavy atom. The molecule has 1 rings (SSSR count). The van der Waals surface area contributed by atoms with E-state index in [9.17, 15) is 9.59 Å². The van der Waals surface area contributed by atoms with Gasteiger partial charge in [-0.15, -0.1) is 0 Å². The fourth-order valence-corrected chi connectivity index (χ4v) is 0.999. The predicted molar refractivity (Wildman–Crippen MR) is 58.2 cm³/mol. The molecule has 0 unspecified atom stereocenters. The maximum Gasteiger partial charge on any atom is 0.343 e. The highest BCUT2D eigenvalue weighted by Crippen LogP contribution is 2.09. The molecule has 0 fully saturated rings. The molecule has 0 radical (unpaired) electrons. The van der Waals surface area contributed by atoms with Crippen molar-refractivity contribution < 1.29 is 19.4 Å². The van der Waals surface area contributed by atoms with Crippen molar-refractivity contribution in [3.8, 4) is 0 Å². The molecular weight excluding hydrogens is 208 g/mol. The van der Waals surface area contributed by atoms with Crippen LogP contribution in [0.4, 0.5) is 0 Å². The molecule has 0 bridgehead atoms. The Labute approximate surface area is 92.5 Å². The van der Waals surface area contributed by atoms with Crippen LogP contribution in [0.2, 0.25) is 0 Å². The largest absolute Gasteiger partial charge is 0.478 e. The van der Waals surface area contributed by atoms with Crippen LogP contribution in [0.5, 0.6) is 0 Å². The lowest BCUT2D eigenvalue weighted by Gasteiger charge is -2.03. The molecule has 0 aliphatic heterocycles. The number of carbonyl (C=O) groups is 2. The molecule has 0 aliphatic rings. The first-order valence-electron chi connectivity index (χ1n) is 4.41. The summed E-state index contributed by atoms with van der Waals surface area (Å²) in [6, 6.07) is 5.56. The number of carboxylic acid groups (broad SMARTS) is 1. The number of ether oxygens (including phenoxy) is 1. The quantitative estimate of drug-likeness (QED) is 0.478. The minimum atomic E-state index is -1.10. The second-order valence-electron chi connectivity index (χ2n) is 2.95. The summed E-state index contributed by atoms with van der Waals surface area (Å²) in [7, 11) is 0. The summed E-state index contributed by atoms with van der Waals surface area (Å²) < 4.78 is 4.78. The SMILES string of the molecule is C=CC(=C)OC(=O)c1cccc(C(=O)O)c1. The molecule has 1 aromatic rings. The van der Waals surface area contributed by atoms with Gasteiger partial charge in [0, 0.05) is 0 Å². The topological polar surface area (TPSA) is 63.6 Å². The maximum absolute atomic E-state index is 11.5. The van der Waals surface area contributed by atoms with Crippen molar-refractivity contribution in [2.24, 2.45) is 0 Å². The first-order chi connectivity index (χ1) is 7.54. The van der Waals surface area contributed by atoms with Gasteiger partial charge in [0.25, 0.3) is 0 Å². The Kier molecular flexibility index (Phi) is 3.61. The summed E-state index contributed by atoms with van der Waals surface area (Å²) in [6.07, 6.45) is 1.29. The van der Waals surface area contributed by atoms with Crippen LogP contribution in [0.15, 0.2) is 49.3 Å². The molecule has 82 valence electrons. The predicted octanol–water partition coefficient (Wildman–Crippen LogP) is 2.24. The average Bonchev–Trinajstić information content (AvgIpc) is 2.28. The lowest BCUT2D eigenvalue weighted by molar-refractivity contribution is 0.0638. The summed E-state index contributed by atoms with van der Waals surface area (Å²) in [5, 5.41) is 8.73. The summed E-state index contributed by atoms with van der Waals surface area (Å²) in [6.45, 7) is 6.80. The van der Waals surface area contributed by atoms with E-state index in [-0.39, 0.29) is 16.9 Å². The number of hydrogen-bond donors (Lipinski definition) is 1. The molecule has 0 saturated heterocycles. The van der Waals surface area contributed by atoms with Crippen molar-refractivity contribution in [3.63, 3.8) is 0 Å². The third-order valence-corrected chi connectivity index (χ3v) is 1.80. The van der Waals surface area contributed by atoms with Crippen molar-refractivity contribution in [2.45, 2.75) is 0 Å². The summed E-state index contributed by atoms with van der Waals surface area (Å²) in [4.78, 5) is 22.1. The Morgan fingerprint density at radius 2 is 1.94 bits per heavy atom. The van der Waals surface area contributed by atoms with Crippen molar-refractivity contribution >= 4 is 11.9 Å². The fourth-order valence-electron chi connectivity index (χ4n) is 0.999. The molecule has 0 aromatic heterocycles. The van der Waals surface area contributed by atoms with E-state index in [0.29, 0.717) is 0 Å². The Hall–Kier alpha value is -2.36. The molecule has 0 atom stereocenters. The number of aromatic carboxylic acids is 1. The van der Waals surface area contributed by atoms with E-state index < -0.39 is 11.9 Å². The van der Waals surface area contributed by atoms with Gasteiger partial charge in [-0.2, -0.15) is 0 Å². The summed E-state index contributed by atoms with van der Waals surface area (Å²) >= 11 is 0. The van der Waals surface area contributed by atoms with Gasteiger partial charge < -0.3 is 9.84 Å². The first kappa shape index (κ1) is 11.7. The molecule has 1 N–H and O–H groups in total. The Bertz CT molecular complexity index is 460. The minimum absolute atomic E-state index is 0.0265. The van der Waals surface area contributed by atoms with Crippen LogP contribution in [0.1, 0.15) is 20.7 Å². The lowest BCUT2D eigenvalue weighted by Crippen LogP contribution is -2.05. The second kappa shape index (κ2) is 4.93. The van der Waals surface area contributed by atoms with Crippen LogP contribution in [0, 0.1) is 0 Å². The van der Waals surface area contributed by atoms with E-state index in [4.69, 9.17) is 9.84 Å². The third-order valence-electron chi connectivity index (χ3n) is 1.80. The number of hydrogen-bond acceptors (Lipinski definition) is 3.